The van der Waals surface area contributed by atoms with E-state index in [1.165, 1.54) is 25.1 Å². The van der Waals surface area contributed by atoms with Crippen molar-refractivity contribution in [2.24, 2.45) is 5.92 Å². The average molecular weight is 578 g/mol. The first-order valence-electron chi connectivity index (χ1n) is 11.6. The van der Waals surface area contributed by atoms with E-state index in [4.69, 9.17) is 9.47 Å². The van der Waals surface area contributed by atoms with Gasteiger partial charge in [-0.25, -0.2) is 12.8 Å². The van der Waals surface area contributed by atoms with Crippen molar-refractivity contribution in [1.82, 2.24) is 0 Å². The quantitative estimate of drug-likeness (QED) is 0.346. The summed E-state index contributed by atoms with van der Waals surface area (Å²) in [6.45, 7) is 2.51. The fourth-order valence-corrected chi connectivity index (χ4v) is 5.30. The Kier molecular flexibility index (Phi) is 8.39. The van der Waals surface area contributed by atoms with Gasteiger partial charge in [0.2, 0.25) is 5.60 Å². The standard InChI is InChI=1S/C25H27F4NO8S/c1-14(23(32)33)9-16-13-30(39(34,35)17-6-7-18(26)21(12-17)36-4)19-10-15(5-8-20(19)37-16)11-22(31)38-24(2,3)25(27,28)29/h5-8,10,12,14,16H,9,11,13H2,1-4H3,(H,32,33)/t14-,16+/m1/s1. The van der Waals surface area contributed by atoms with Crippen LogP contribution in [0.4, 0.5) is 23.2 Å². The van der Waals surface area contributed by atoms with Crippen LogP contribution in [-0.4, -0.2) is 57.0 Å². The van der Waals surface area contributed by atoms with E-state index in [0.29, 0.717) is 13.8 Å². The Bertz CT molecular complexity index is 1360. The number of hydrogen-bond donors (Lipinski definition) is 1. The zero-order chi connectivity index (χ0) is 29.3. The van der Waals surface area contributed by atoms with Crippen LogP contribution in [0.2, 0.25) is 0 Å². The predicted octanol–water partition coefficient (Wildman–Crippen LogP) is 4.33. The summed E-state index contributed by atoms with van der Waals surface area (Å²) in [7, 11) is -3.25. The van der Waals surface area contributed by atoms with Gasteiger partial charge in [0.15, 0.2) is 11.6 Å². The summed E-state index contributed by atoms with van der Waals surface area (Å²) in [4.78, 5) is 23.3. The van der Waals surface area contributed by atoms with Crippen LogP contribution in [0.5, 0.6) is 11.5 Å². The molecule has 3 rings (SSSR count). The van der Waals surface area contributed by atoms with Crippen molar-refractivity contribution in [2.45, 2.75) is 56.4 Å². The SMILES string of the molecule is COc1cc(S(=O)(=O)N2C[C@H](C[C@@H](C)C(=O)O)Oc3ccc(CC(=O)OC(C)(C)C(F)(F)F)cc32)ccc1F. The average Bonchev–Trinajstić information content (AvgIpc) is 2.82. The normalized spacial score (nSPS) is 16.6. The molecule has 0 amide bonds. The lowest BCUT2D eigenvalue weighted by atomic mass is 10.0. The Balaban J connectivity index is 2.01. The number of nitrogens with zero attached hydrogens (tertiary/aromatic N) is 1. The smallest absolute Gasteiger partial charge is 0.427 e. The van der Waals surface area contributed by atoms with Crippen molar-refractivity contribution in [2.75, 3.05) is 18.0 Å². The van der Waals surface area contributed by atoms with Gasteiger partial charge in [-0.3, -0.25) is 13.9 Å². The van der Waals surface area contributed by atoms with Gasteiger partial charge in [-0.05, 0) is 50.1 Å². The number of aliphatic carboxylic acids is 1. The number of esters is 1. The van der Waals surface area contributed by atoms with E-state index in [9.17, 15) is 40.7 Å². The van der Waals surface area contributed by atoms with Crippen LogP contribution in [0, 0.1) is 11.7 Å². The van der Waals surface area contributed by atoms with E-state index in [2.05, 4.69) is 4.74 Å². The second kappa shape index (κ2) is 10.9. The molecular formula is C25H27F4NO8S. The van der Waals surface area contributed by atoms with Crippen LogP contribution in [0.1, 0.15) is 32.8 Å². The van der Waals surface area contributed by atoms with Gasteiger partial charge in [-0.1, -0.05) is 13.0 Å². The number of sulfonamides is 1. The van der Waals surface area contributed by atoms with Crippen molar-refractivity contribution in [3.05, 3.63) is 47.8 Å². The molecule has 0 unspecified atom stereocenters. The maximum Gasteiger partial charge on any atom is 0.427 e. The van der Waals surface area contributed by atoms with Crippen LogP contribution < -0.4 is 13.8 Å². The van der Waals surface area contributed by atoms with Gasteiger partial charge in [0.25, 0.3) is 10.0 Å². The molecule has 0 saturated carbocycles. The van der Waals surface area contributed by atoms with Crippen molar-refractivity contribution >= 4 is 27.6 Å². The molecule has 0 spiro atoms. The Hall–Kier alpha value is -3.55. The highest BCUT2D eigenvalue weighted by atomic mass is 32.2. The topological polar surface area (TPSA) is 119 Å². The van der Waals surface area contributed by atoms with E-state index >= 15 is 0 Å². The van der Waals surface area contributed by atoms with E-state index < -0.39 is 58.0 Å². The molecule has 0 radical (unpaired) electrons. The molecule has 0 aromatic heterocycles. The number of rotatable bonds is 9. The molecule has 0 fully saturated rings. The number of carbonyl (C=O) groups excluding carboxylic acids is 1. The first-order chi connectivity index (χ1) is 18.0. The van der Waals surface area contributed by atoms with Crippen LogP contribution in [0.25, 0.3) is 0 Å². The molecule has 0 aliphatic carbocycles. The van der Waals surface area contributed by atoms with E-state index in [1.807, 2.05) is 0 Å². The first-order valence-corrected chi connectivity index (χ1v) is 13.1. The number of fused-ring (bicyclic) bond motifs is 1. The molecular weight excluding hydrogens is 550 g/mol. The highest BCUT2D eigenvalue weighted by molar-refractivity contribution is 7.92. The summed E-state index contributed by atoms with van der Waals surface area (Å²) in [5, 5.41) is 9.30. The lowest BCUT2D eigenvalue weighted by molar-refractivity contribution is -0.257. The van der Waals surface area contributed by atoms with Gasteiger partial charge in [0, 0.05) is 6.07 Å². The number of carboxylic acid groups (broad SMARTS) is 1. The summed E-state index contributed by atoms with van der Waals surface area (Å²) in [6, 6.07) is 6.86. The number of carboxylic acids is 1. The molecule has 2 atom stereocenters. The van der Waals surface area contributed by atoms with Crippen molar-refractivity contribution < 1.29 is 54.9 Å². The minimum atomic E-state index is -4.81. The highest BCUT2D eigenvalue weighted by Crippen LogP contribution is 2.40. The zero-order valence-electron chi connectivity index (χ0n) is 21.4. The molecule has 1 heterocycles. The first kappa shape index (κ1) is 30.0. The minimum Gasteiger partial charge on any atom is -0.494 e. The molecule has 0 bridgehead atoms. The fraction of sp³-hybridized carbons (Fsp3) is 0.440. The summed E-state index contributed by atoms with van der Waals surface area (Å²) in [6.07, 6.45) is -6.35. The van der Waals surface area contributed by atoms with Crippen LogP contribution >= 0.6 is 0 Å². The van der Waals surface area contributed by atoms with Crippen molar-refractivity contribution in [1.29, 1.82) is 0 Å². The van der Waals surface area contributed by atoms with E-state index in [1.54, 1.807) is 0 Å². The third-order valence-corrected chi connectivity index (χ3v) is 7.88. The number of carbonyl (C=O) groups is 2. The van der Waals surface area contributed by atoms with Gasteiger partial charge in [-0.15, -0.1) is 0 Å². The molecule has 39 heavy (non-hydrogen) atoms. The summed E-state index contributed by atoms with van der Waals surface area (Å²) >= 11 is 0. The Morgan fingerprint density at radius 3 is 2.44 bits per heavy atom. The van der Waals surface area contributed by atoms with E-state index in [0.717, 1.165) is 29.6 Å². The van der Waals surface area contributed by atoms with Crippen LogP contribution in [0.3, 0.4) is 0 Å². The van der Waals surface area contributed by atoms with Gasteiger partial charge >= 0.3 is 18.1 Å². The molecule has 214 valence electrons. The molecule has 1 aliphatic rings. The Labute approximate surface area is 222 Å². The molecule has 2 aromatic carbocycles. The monoisotopic (exact) mass is 577 g/mol. The van der Waals surface area contributed by atoms with Gasteiger partial charge < -0.3 is 19.3 Å². The van der Waals surface area contributed by atoms with Gasteiger partial charge in [-0.2, -0.15) is 13.2 Å². The summed E-state index contributed by atoms with van der Waals surface area (Å²) in [5.74, 6) is -4.27. The number of benzene rings is 2. The third kappa shape index (κ3) is 6.54. The number of alkyl halides is 3. The third-order valence-electron chi connectivity index (χ3n) is 6.10. The highest BCUT2D eigenvalue weighted by Gasteiger charge is 2.50. The molecule has 2 aromatic rings. The van der Waals surface area contributed by atoms with Gasteiger partial charge in [0.05, 0.1) is 36.6 Å². The van der Waals surface area contributed by atoms with E-state index in [-0.39, 0.29) is 40.6 Å². The number of ether oxygens (including phenoxy) is 3. The molecule has 9 nitrogen and oxygen atoms in total. The summed E-state index contributed by atoms with van der Waals surface area (Å²) in [5.41, 5.74) is -2.65. The maximum absolute atomic E-state index is 14.0. The minimum absolute atomic E-state index is 0.0363. The predicted molar refractivity (Wildman–Crippen MR) is 130 cm³/mol. The number of halogens is 4. The maximum atomic E-state index is 14.0. The summed E-state index contributed by atoms with van der Waals surface area (Å²) < 4.78 is 97.0. The fourth-order valence-electron chi connectivity index (χ4n) is 3.79. The lowest BCUT2D eigenvalue weighted by Gasteiger charge is -2.36. The van der Waals surface area contributed by atoms with Crippen molar-refractivity contribution in [3.8, 4) is 11.5 Å². The molecule has 0 saturated heterocycles. The Morgan fingerprint density at radius 2 is 1.85 bits per heavy atom. The lowest BCUT2D eigenvalue weighted by Crippen LogP contribution is -2.44. The van der Waals surface area contributed by atoms with Gasteiger partial charge in [0.1, 0.15) is 11.9 Å². The number of anilines is 1. The molecule has 14 heteroatoms. The number of hydrogen-bond acceptors (Lipinski definition) is 7. The zero-order valence-corrected chi connectivity index (χ0v) is 22.2. The largest absolute Gasteiger partial charge is 0.494 e. The number of methoxy groups -OCH3 is 1. The Morgan fingerprint density at radius 1 is 1.18 bits per heavy atom. The second-order valence-electron chi connectivity index (χ2n) is 9.51. The van der Waals surface area contributed by atoms with Crippen molar-refractivity contribution in [3.63, 3.8) is 0 Å². The molecule has 1 aliphatic heterocycles. The molecule has 1 N–H and O–H groups in total. The second-order valence-corrected chi connectivity index (χ2v) is 11.4. The van der Waals surface area contributed by atoms with Crippen LogP contribution in [0.15, 0.2) is 41.3 Å². The van der Waals surface area contributed by atoms with Crippen LogP contribution in [-0.2, 0) is 30.8 Å².